The molecule has 50 heavy (non-hydrogen) atoms. The number of nitrogens with two attached hydrogens (primary N) is 1. The zero-order valence-corrected chi connectivity index (χ0v) is 30.2. The van der Waals surface area contributed by atoms with Crippen molar-refractivity contribution in [2.75, 3.05) is 59.7 Å². The molecule has 2 aliphatic heterocycles. The van der Waals surface area contributed by atoms with Crippen molar-refractivity contribution in [2.45, 2.75) is 77.2 Å². The average molecular weight is 716 g/mol. The minimum atomic E-state index is -0.950. The van der Waals surface area contributed by atoms with Gasteiger partial charge < -0.3 is 39.6 Å². The molecule has 14 heteroatoms. The molecule has 6 atom stereocenters. The highest BCUT2D eigenvalue weighted by molar-refractivity contribution is 6.36. The number of nitrogens with one attached hydrogen (secondary N) is 1. The quantitative estimate of drug-likeness (QED) is 0.315. The van der Waals surface area contributed by atoms with Gasteiger partial charge in [0.15, 0.2) is 0 Å². The molecule has 2 aromatic rings. The predicted molar refractivity (Wildman–Crippen MR) is 186 cm³/mol. The van der Waals surface area contributed by atoms with E-state index in [4.69, 9.17) is 46.0 Å². The fourth-order valence-corrected chi connectivity index (χ4v) is 7.62. The summed E-state index contributed by atoms with van der Waals surface area (Å²) in [4.78, 5) is 48.3. The molecule has 2 saturated carbocycles. The second kappa shape index (κ2) is 15.5. The summed E-state index contributed by atoms with van der Waals surface area (Å²) in [5.74, 6) is 1.26. The maximum Gasteiger partial charge on any atom is 0.408 e. The summed E-state index contributed by atoms with van der Waals surface area (Å²) < 4.78 is 29.1. The number of pyridine rings is 1. The van der Waals surface area contributed by atoms with Crippen LogP contribution in [0.5, 0.6) is 11.5 Å². The molecule has 1 aromatic heterocycles. The van der Waals surface area contributed by atoms with Gasteiger partial charge in [0.05, 0.1) is 31.9 Å². The van der Waals surface area contributed by atoms with Crippen LogP contribution in [-0.4, -0.2) is 117 Å². The lowest BCUT2D eigenvalue weighted by atomic mass is 9.85. The molecule has 0 radical (unpaired) electrons. The van der Waals surface area contributed by atoms with Crippen LogP contribution in [0.15, 0.2) is 18.2 Å². The minimum absolute atomic E-state index is 0.0927. The van der Waals surface area contributed by atoms with E-state index in [0.717, 1.165) is 32.5 Å². The van der Waals surface area contributed by atoms with E-state index in [1.54, 1.807) is 13.2 Å². The normalized spacial score (nSPS) is 25.6. The van der Waals surface area contributed by atoms with E-state index in [0.29, 0.717) is 77.8 Å². The maximum absolute atomic E-state index is 14.1. The average Bonchev–Trinajstić information content (AvgIpc) is 3.46. The van der Waals surface area contributed by atoms with Crippen molar-refractivity contribution in [3.05, 3.63) is 28.9 Å². The van der Waals surface area contributed by atoms with Gasteiger partial charge in [-0.3, -0.25) is 19.5 Å². The van der Waals surface area contributed by atoms with Crippen LogP contribution in [0.4, 0.5) is 4.79 Å². The number of carbonyl (C=O) groups excluding carboxylic acids is 3. The fourth-order valence-electron chi connectivity index (χ4n) is 7.36. The Labute approximate surface area is 298 Å². The number of aromatic nitrogens is 1. The molecule has 4 aliphatic rings. The van der Waals surface area contributed by atoms with E-state index in [1.165, 1.54) is 11.3 Å². The summed E-state index contributed by atoms with van der Waals surface area (Å²) >= 11 is 6.90. The van der Waals surface area contributed by atoms with Crippen LogP contribution in [0.25, 0.3) is 10.9 Å². The van der Waals surface area contributed by atoms with Crippen LogP contribution in [0.1, 0.15) is 52.1 Å². The molecule has 274 valence electrons. The van der Waals surface area contributed by atoms with E-state index in [1.807, 2.05) is 32.9 Å². The molecular weight excluding hydrogens is 666 g/mol. The number of hydrogen-bond donors (Lipinski definition) is 2. The van der Waals surface area contributed by atoms with Gasteiger partial charge in [-0.15, -0.1) is 0 Å². The summed E-state index contributed by atoms with van der Waals surface area (Å²) in [5, 5.41) is 3.84. The number of alkyl carbamates (subject to hydrolysis) is 1. The van der Waals surface area contributed by atoms with Gasteiger partial charge >= 0.3 is 6.09 Å². The van der Waals surface area contributed by atoms with Crippen molar-refractivity contribution in [3.8, 4) is 11.5 Å². The monoisotopic (exact) mass is 715 g/mol. The van der Waals surface area contributed by atoms with E-state index < -0.39 is 41.5 Å². The summed E-state index contributed by atoms with van der Waals surface area (Å²) in [6.45, 7) is 10.5. The minimum Gasteiger partial charge on any atom is -0.491 e. The number of carbonyl (C=O) groups is 3. The van der Waals surface area contributed by atoms with Crippen molar-refractivity contribution in [1.82, 2.24) is 20.1 Å². The SMILES string of the molecule is COCCc1cc(OC2C[C@@H](C(N)=O)N(C(=O)[C@@H](NC(=O)O[C@@H]3C[C@@H]4C[C@@H]4C3)C(C)(C)C)C2)c2ccc(OCCN3CCOCC3)c(Cl)c2n1. The van der Waals surface area contributed by atoms with E-state index in [2.05, 4.69) is 10.2 Å². The van der Waals surface area contributed by atoms with Crippen molar-refractivity contribution in [1.29, 1.82) is 0 Å². The van der Waals surface area contributed by atoms with Crippen LogP contribution in [0.3, 0.4) is 0 Å². The highest BCUT2D eigenvalue weighted by Crippen LogP contribution is 2.52. The molecular formula is C36H50ClN5O8. The van der Waals surface area contributed by atoms with Gasteiger partial charge in [0.1, 0.15) is 47.4 Å². The summed E-state index contributed by atoms with van der Waals surface area (Å²) in [6.07, 6.45) is 2.31. The highest BCUT2D eigenvalue weighted by Gasteiger charge is 2.48. The van der Waals surface area contributed by atoms with Gasteiger partial charge in [-0.05, 0) is 48.6 Å². The number of likely N-dealkylation sites (tertiary alicyclic amines) is 1. The number of amides is 3. The predicted octanol–water partition coefficient (Wildman–Crippen LogP) is 3.56. The summed E-state index contributed by atoms with van der Waals surface area (Å²) in [6, 6.07) is 3.62. The van der Waals surface area contributed by atoms with Crippen LogP contribution in [0.2, 0.25) is 5.02 Å². The first-order valence-corrected chi connectivity index (χ1v) is 18.1. The molecule has 3 amide bonds. The van der Waals surface area contributed by atoms with Crippen molar-refractivity contribution in [2.24, 2.45) is 23.0 Å². The maximum atomic E-state index is 14.1. The van der Waals surface area contributed by atoms with E-state index >= 15 is 0 Å². The van der Waals surface area contributed by atoms with Gasteiger partial charge in [-0.25, -0.2) is 4.79 Å². The first kappa shape index (κ1) is 36.4. The lowest BCUT2D eigenvalue weighted by Crippen LogP contribution is -2.57. The zero-order valence-electron chi connectivity index (χ0n) is 29.5. The highest BCUT2D eigenvalue weighted by atomic mass is 35.5. The molecule has 4 fully saturated rings. The number of morpholine rings is 1. The van der Waals surface area contributed by atoms with Crippen molar-refractivity contribution >= 4 is 40.4 Å². The Morgan fingerprint density at radius 2 is 1.80 bits per heavy atom. The van der Waals surface area contributed by atoms with Gasteiger partial charge in [0, 0.05) is 56.7 Å². The lowest BCUT2D eigenvalue weighted by Gasteiger charge is -2.35. The summed E-state index contributed by atoms with van der Waals surface area (Å²) in [5.41, 5.74) is 6.39. The molecule has 13 nitrogen and oxygen atoms in total. The Bertz CT molecular complexity index is 1550. The molecule has 2 aliphatic carbocycles. The number of primary amides is 1. The van der Waals surface area contributed by atoms with E-state index in [9.17, 15) is 14.4 Å². The number of ether oxygens (including phenoxy) is 5. The third-order valence-corrected chi connectivity index (χ3v) is 10.6. The lowest BCUT2D eigenvalue weighted by molar-refractivity contribution is -0.141. The molecule has 0 bridgehead atoms. The second-order valence-corrected chi connectivity index (χ2v) is 15.4. The fraction of sp³-hybridized carbons (Fsp3) is 0.667. The molecule has 1 unspecified atom stereocenters. The van der Waals surface area contributed by atoms with Gasteiger partial charge in [0.25, 0.3) is 0 Å². The number of halogens is 1. The van der Waals surface area contributed by atoms with Crippen LogP contribution >= 0.6 is 11.6 Å². The molecule has 3 N–H and O–H groups in total. The van der Waals surface area contributed by atoms with Crippen LogP contribution < -0.4 is 20.5 Å². The van der Waals surface area contributed by atoms with Gasteiger partial charge in [0.2, 0.25) is 11.8 Å². The van der Waals surface area contributed by atoms with Gasteiger partial charge in [-0.1, -0.05) is 32.4 Å². The number of hydrogen-bond acceptors (Lipinski definition) is 10. The summed E-state index contributed by atoms with van der Waals surface area (Å²) in [7, 11) is 1.62. The Morgan fingerprint density at radius 1 is 1.06 bits per heavy atom. The first-order chi connectivity index (χ1) is 23.9. The Balaban J connectivity index is 1.18. The largest absolute Gasteiger partial charge is 0.491 e. The Morgan fingerprint density at radius 3 is 2.48 bits per heavy atom. The smallest absolute Gasteiger partial charge is 0.408 e. The van der Waals surface area contributed by atoms with Crippen molar-refractivity contribution < 1.29 is 38.1 Å². The molecule has 1 aromatic carbocycles. The number of benzene rings is 1. The first-order valence-electron chi connectivity index (χ1n) is 17.7. The third kappa shape index (κ3) is 8.55. The Hall–Kier alpha value is -3.39. The number of fused-ring (bicyclic) bond motifs is 2. The van der Waals surface area contributed by atoms with Gasteiger partial charge in [-0.2, -0.15) is 0 Å². The van der Waals surface area contributed by atoms with Crippen LogP contribution in [-0.2, 0) is 30.2 Å². The number of nitrogens with zero attached hydrogens (tertiary/aromatic N) is 3. The molecule has 0 spiro atoms. The second-order valence-electron chi connectivity index (χ2n) is 15.0. The third-order valence-electron chi connectivity index (χ3n) is 10.2. The standard InChI is InChI=1S/C36H50ClN5O8/c1-36(2,3)32(40-35(45)50-24-16-21-15-22(21)17-24)34(44)42-20-25(19-27(42)33(38)43)49-29-18-23(7-11-46-4)39-31-26(29)5-6-28(30(31)37)48-14-10-41-8-12-47-13-9-41/h5-6,18,21-22,24-25,27,32H,7-17,19-20H2,1-4H3,(H2,38,43)(H,40,45)/t21-,22+,24+,25?,27-,32+/m0/s1. The topological polar surface area (TPSA) is 155 Å². The zero-order chi connectivity index (χ0) is 35.6. The number of rotatable bonds is 13. The molecule has 6 rings (SSSR count). The van der Waals surface area contributed by atoms with E-state index in [-0.39, 0.29) is 19.1 Å². The molecule has 2 saturated heterocycles. The molecule has 3 heterocycles. The van der Waals surface area contributed by atoms with Crippen LogP contribution in [0, 0.1) is 17.3 Å². The van der Waals surface area contributed by atoms with Crippen molar-refractivity contribution in [3.63, 3.8) is 0 Å². The number of methoxy groups -OCH3 is 1. The Kier molecular flexibility index (Phi) is 11.3.